The van der Waals surface area contributed by atoms with Gasteiger partial charge in [0.15, 0.2) is 0 Å². The molecule has 1 atom stereocenters. The van der Waals surface area contributed by atoms with Gasteiger partial charge in [0.2, 0.25) is 0 Å². The fraction of sp³-hybridized carbons (Fsp3) is 0.385. The van der Waals surface area contributed by atoms with E-state index in [9.17, 15) is 0 Å². The lowest BCUT2D eigenvalue weighted by atomic mass is 10.0. The van der Waals surface area contributed by atoms with E-state index in [4.69, 9.17) is 10.2 Å². The lowest BCUT2D eigenvalue weighted by molar-refractivity contribution is 0.612. The number of benzene rings is 1. The number of hydrogen-bond acceptors (Lipinski definition) is 2. The highest BCUT2D eigenvalue weighted by Crippen LogP contribution is 2.22. The van der Waals surface area contributed by atoms with Gasteiger partial charge in [-0.2, -0.15) is 0 Å². The normalized spacial score (nSPS) is 13.3. The number of rotatable bonds is 3. The van der Waals surface area contributed by atoms with Crippen molar-refractivity contribution in [3.8, 4) is 0 Å². The van der Waals surface area contributed by atoms with Gasteiger partial charge in [-0.15, -0.1) is 0 Å². The first-order valence-corrected chi connectivity index (χ1v) is 5.43. The Morgan fingerprint density at radius 1 is 1.40 bits per heavy atom. The molecule has 2 heteroatoms. The van der Waals surface area contributed by atoms with Crippen molar-refractivity contribution in [3.63, 3.8) is 0 Å². The predicted octanol–water partition coefficient (Wildman–Crippen LogP) is 3.02. The summed E-state index contributed by atoms with van der Waals surface area (Å²) in [5, 5.41) is 1.20. The van der Waals surface area contributed by atoms with E-state index in [-0.39, 0.29) is 6.04 Å². The number of aryl methyl sites for hydroxylation is 1. The van der Waals surface area contributed by atoms with E-state index in [2.05, 4.69) is 26.0 Å². The fourth-order valence-electron chi connectivity index (χ4n) is 1.78. The summed E-state index contributed by atoms with van der Waals surface area (Å²) in [7, 11) is 0. The van der Waals surface area contributed by atoms with Gasteiger partial charge in [0, 0.05) is 11.4 Å². The summed E-state index contributed by atoms with van der Waals surface area (Å²) in [6, 6.07) is 6.57. The minimum Gasteiger partial charge on any atom is -0.464 e. The first kappa shape index (κ1) is 10.2. The van der Waals surface area contributed by atoms with Crippen LogP contribution in [0, 0.1) is 6.92 Å². The summed E-state index contributed by atoms with van der Waals surface area (Å²) in [5.74, 6) is 0. The molecule has 2 nitrogen and oxygen atoms in total. The van der Waals surface area contributed by atoms with Crippen LogP contribution in [0.5, 0.6) is 0 Å². The molecule has 0 saturated heterocycles. The van der Waals surface area contributed by atoms with Crippen molar-refractivity contribution in [2.45, 2.75) is 32.7 Å². The molecule has 1 aromatic heterocycles. The van der Waals surface area contributed by atoms with Gasteiger partial charge >= 0.3 is 0 Å². The molecule has 0 saturated carbocycles. The van der Waals surface area contributed by atoms with E-state index in [0.29, 0.717) is 0 Å². The molecular formula is C13H17NO. The molecule has 0 bridgehead atoms. The minimum absolute atomic E-state index is 0.259. The fourth-order valence-corrected chi connectivity index (χ4v) is 1.78. The van der Waals surface area contributed by atoms with Gasteiger partial charge in [0.05, 0.1) is 6.26 Å². The monoisotopic (exact) mass is 203 g/mol. The molecule has 1 heterocycles. The molecular weight excluding hydrogens is 186 g/mol. The van der Waals surface area contributed by atoms with E-state index < -0.39 is 0 Å². The maximum atomic E-state index is 5.94. The summed E-state index contributed by atoms with van der Waals surface area (Å²) in [4.78, 5) is 0. The average Bonchev–Trinajstić information content (AvgIpc) is 2.60. The maximum absolute atomic E-state index is 5.94. The third-order valence-electron chi connectivity index (χ3n) is 2.85. The summed E-state index contributed by atoms with van der Waals surface area (Å²) < 4.78 is 5.40. The highest BCUT2D eigenvalue weighted by molar-refractivity contribution is 5.81. The Kier molecular flexibility index (Phi) is 2.78. The number of furan rings is 1. The van der Waals surface area contributed by atoms with Crippen molar-refractivity contribution < 1.29 is 4.42 Å². The van der Waals surface area contributed by atoms with Crippen molar-refractivity contribution in [3.05, 3.63) is 35.6 Å². The highest BCUT2D eigenvalue weighted by atomic mass is 16.3. The van der Waals surface area contributed by atoms with Crippen LogP contribution in [-0.2, 0) is 6.42 Å². The van der Waals surface area contributed by atoms with Crippen LogP contribution in [0.15, 0.2) is 28.9 Å². The average molecular weight is 203 g/mol. The van der Waals surface area contributed by atoms with Crippen molar-refractivity contribution in [2.24, 2.45) is 5.73 Å². The van der Waals surface area contributed by atoms with Crippen molar-refractivity contribution in [1.29, 1.82) is 0 Å². The van der Waals surface area contributed by atoms with E-state index in [0.717, 1.165) is 18.4 Å². The van der Waals surface area contributed by atoms with Crippen LogP contribution >= 0.6 is 0 Å². The summed E-state index contributed by atoms with van der Waals surface area (Å²) in [6.07, 6.45) is 3.76. The highest BCUT2D eigenvalue weighted by Gasteiger charge is 2.05. The second kappa shape index (κ2) is 4.07. The molecule has 80 valence electrons. The van der Waals surface area contributed by atoms with Crippen LogP contribution in [0.1, 0.15) is 24.5 Å². The Morgan fingerprint density at radius 2 is 2.20 bits per heavy atom. The zero-order valence-corrected chi connectivity index (χ0v) is 9.29. The predicted molar refractivity (Wildman–Crippen MR) is 62.9 cm³/mol. The van der Waals surface area contributed by atoms with Crippen LogP contribution in [-0.4, -0.2) is 6.04 Å². The van der Waals surface area contributed by atoms with Crippen molar-refractivity contribution in [2.75, 3.05) is 0 Å². The molecule has 0 aliphatic rings. The van der Waals surface area contributed by atoms with Gasteiger partial charge < -0.3 is 10.2 Å². The van der Waals surface area contributed by atoms with Crippen molar-refractivity contribution >= 4 is 11.0 Å². The number of hydrogen-bond donors (Lipinski definition) is 1. The van der Waals surface area contributed by atoms with Gasteiger partial charge in [-0.25, -0.2) is 0 Å². The summed E-state index contributed by atoms with van der Waals surface area (Å²) in [6.45, 7) is 4.18. The van der Waals surface area contributed by atoms with E-state index >= 15 is 0 Å². The largest absolute Gasteiger partial charge is 0.464 e. The Hall–Kier alpha value is -1.28. The van der Waals surface area contributed by atoms with E-state index in [1.807, 2.05) is 6.07 Å². The second-order valence-electron chi connectivity index (χ2n) is 4.12. The van der Waals surface area contributed by atoms with Crippen LogP contribution in [0.2, 0.25) is 0 Å². The van der Waals surface area contributed by atoms with E-state index in [1.165, 1.54) is 16.5 Å². The van der Waals surface area contributed by atoms with Crippen LogP contribution in [0.3, 0.4) is 0 Å². The smallest absolute Gasteiger partial charge is 0.134 e. The molecule has 1 aromatic carbocycles. The van der Waals surface area contributed by atoms with Gasteiger partial charge in [0.25, 0.3) is 0 Å². The lowest BCUT2D eigenvalue weighted by Gasteiger charge is -2.08. The Bertz CT molecular complexity index is 459. The minimum atomic E-state index is 0.259. The molecule has 2 N–H and O–H groups in total. The van der Waals surface area contributed by atoms with E-state index in [1.54, 1.807) is 6.26 Å². The van der Waals surface area contributed by atoms with Crippen LogP contribution in [0.25, 0.3) is 11.0 Å². The molecule has 0 amide bonds. The zero-order valence-electron chi connectivity index (χ0n) is 9.29. The Morgan fingerprint density at radius 3 is 2.93 bits per heavy atom. The van der Waals surface area contributed by atoms with Gasteiger partial charge in [-0.3, -0.25) is 0 Å². The number of nitrogens with two attached hydrogens (primary N) is 1. The lowest BCUT2D eigenvalue weighted by Crippen LogP contribution is -2.21. The quantitative estimate of drug-likeness (QED) is 0.832. The molecule has 15 heavy (non-hydrogen) atoms. The molecule has 1 unspecified atom stereocenters. The third kappa shape index (κ3) is 2.05. The molecule has 2 rings (SSSR count). The van der Waals surface area contributed by atoms with Crippen LogP contribution in [0.4, 0.5) is 0 Å². The summed E-state index contributed by atoms with van der Waals surface area (Å²) >= 11 is 0. The Balaban J connectivity index is 2.33. The first-order chi connectivity index (χ1) is 7.20. The van der Waals surface area contributed by atoms with Crippen molar-refractivity contribution in [1.82, 2.24) is 0 Å². The second-order valence-corrected chi connectivity index (χ2v) is 4.12. The van der Waals surface area contributed by atoms with Gasteiger partial charge in [-0.1, -0.05) is 13.0 Å². The topological polar surface area (TPSA) is 39.2 Å². The van der Waals surface area contributed by atoms with Crippen LogP contribution < -0.4 is 5.73 Å². The Labute approximate surface area is 90.1 Å². The van der Waals surface area contributed by atoms with Gasteiger partial charge in [0.1, 0.15) is 5.58 Å². The molecule has 0 aliphatic heterocycles. The summed E-state index contributed by atoms with van der Waals surface area (Å²) in [5.41, 5.74) is 9.38. The molecule has 0 aliphatic carbocycles. The zero-order chi connectivity index (χ0) is 10.8. The number of fused-ring (bicyclic) bond motifs is 1. The SMILES string of the molecule is CCC(N)Cc1ccc2occ(C)c2c1. The maximum Gasteiger partial charge on any atom is 0.134 e. The third-order valence-corrected chi connectivity index (χ3v) is 2.85. The molecule has 0 radical (unpaired) electrons. The van der Waals surface area contributed by atoms with Gasteiger partial charge in [-0.05, 0) is 43.0 Å². The first-order valence-electron chi connectivity index (χ1n) is 5.43. The molecule has 2 aromatic rings. The molecule has 0 spiro atoms. The molecule has 0 fully saturated rings. The standard InChI is InChI=1S/C13H17NO/c1-3-11(14)6-10-4-5-13-12(7-10)9(2)8-15-13/h4-5,7-8,11H,3,6,14H2,1-2H3.